The van der Waals surface area contributed by atoms with Crippen LogP contribution < -0.4 is 5.32 Å². The molecule has 0 amide bonds. The third-order valence-corrected chi connectivity index (χ3v) is 7.11. The van der Waals surface area contributed by atoms with Gasteiger partial charge >= 0.3 is 11.9 Å². The number of nitriles is 1. The van der Waals surface area contributed by atoms with Crippen molar-refractivity contribution in [3.05, 3.63) is 61.3 Å². The molecule has 7 nitrogen and oxygen atoms in total. The lowest BCUT2D eigenvalue weighted by molar-refractivity contribution is 0.00745. The minimum atomic E-state index is -0.685. The number of halogens is 1. The Morgan fingerprint density at radius 3 is 2.66 bits per heavy atom. The van der Waals surface area contributed by atoms with E-state index < -0.39 is 17.5 Å². The molecular formula is C25H24BrN3O4S2. The number of benzene rings is 1. The van der Waals surface area contributed by atoms with Crippen molar-refractivity contribution in [2.45, 2.75) is 40.2 Å². The van der Waals surface area contributed by atoms with E-state index in [1.165, 1.54) is 17.5 Å². The summed E-state index contributed by atoms with van der Waals surface area (Å²) in [7, 11) is 0. The van der Waals surface area contributed by atoms with Gasteiger partial charge in [0.1, 0.15) is 32.1 Å². The number of aromatic nitrogens is 1. The number of ether oxygens (including phenoxy) is 2. The Labute approximate surface area is 220 Å². The Bertz CT molecular complexity index is 1330. The van der Waals surface area contributed by atoms with Crippen molar-refractivity contribution in [2.75, 3.05) is 11.9 Å². The number of anilines is 1. The Balaban J connectivity index is 1.95. The Hall–Kier alpha value is -3.00. The van der Waals surface area contributed by atoms with E-state index in [1.807, 2.05) is 29.6 Å². The molecule has 3 rings (SSSR count). The van der Waals surface area contributed by atoms with Crippen LogP contribution in [0.3, 0.4) is 0 Å². The molecule has 3 aromatic rings. The maximum absolute atomic E-state index is 12.7. The lowest BCUT2D eigenvalue weighted by atomic mass is 10.1. The van der Waals surface area contributed by atoms with Crippen LogP contribution >= 0.6 is 38.6 Å². The van der Waals surface area contributed by atoms with Crippen molar-refractivity contribution in [2.24, 2.45) is 0 Å². The van der Waals surface area contributed by atoms with Gasteiger partial charge in [-0.3, -0.25) is 0 Å². The summed E-state index contributed by atoms with van der Waals surface area (Å²) in [6.07, 6.45) is 1.48. The second kappa shape index (κ2) is 11.2. The molecule has 1 N–H and O–H groups in total. The van der Waals surface area contributed by atoms with Crippen molar-refractivity contribution >= 4 is 61.1 Å². The smallest absolute Gasteiger partial charge is 0.349 e. The van der Waals surface area contributed by atoms with Gasteiger partial charge < -0.3 is 14.8 Å². The normalized spacial score (nSPS) is 11.6. The fraction of sp³-hybridized carbons (Fsp3) is 0.280. The molecule has 0 aliphatic rings. The number of carbonyl (C=O) groups is 2. The van der Waals surface area contributed by atoms with E-state index in [0.717, 1.165) is 27.1 Å². The molecule has 0 unspecified atom stereocenters. The number of nitrogens with one attached hydrogen (secondary N) is 1. The van der Waals surface area contributed by atoms with E-state index >= 15 is 0 Å². The van der Waals surface area contributed by atoms with E-state index in [1.54, 1.807) is 34.6 Å². The molecule has 2 aromatic heterocycles. The summed E-state index contributed by atoms with van der Waals surface area (Å²) in [4.78, 5) is 30.3. The molecule has 0 aliphatic carbocycles. The van der Waals surface area contributed by atoms with Crippen LogP contribution in [0.1, 0.15) is 58.3 Å². The van der Waals surface area contributed by atoms with Crippen molar-refractivity contribution in [3.8, 4) is 17.3 Å². The third kappa shape index (κ3) is 6.57. The first-order chi connectivity index (χ1) is 16.5. The van der Waals surface area contributed by atoms with Gasteiger partial charge in [0.25, 0.3) is 0 Å². The van der Waals surface area contributed by atoms with Gasteiger partial charge in [0.05, 0.1) is 17.9 Å². The standard InChI is InChI=1S/C25H24BrN3O4S2/c1-6-32-23(30)19-14(2)20(24(31)33-25(3,4)5)35-22(19)28-12-16(11-27)21-29-18(13-34-21)15-8-7-9-17(26)10-15/h7-10,12-13,28H,6H2,1-5H3/b16-12+. The molecule has 35 heavy (non-hydrogen) atoms. The molecule has 0 saturated carbocycles. The average molecular weight is 575 g/mol. The maximum Gasteiger partial charge on any atom is 0.349 e. The molecule has 0 fully saturated rings. The highest BCUT2D eigenvalue weighted by Crippen LogP contribution is 2.36. The fourth-order valence-electron chi connectivity index (χ4n) is 3.04. The molecule has 2 heterocycles. The maximum atomic E-state index is 12.7. The molecule has 1 aromatic carbocycles. The zero-order chi connectivity index (χ0) is 25.8. The Kier molecular flexibility index (Phi) is 8.48. The van der Waals surface area contributed by atoms with Crippen LogP contribution in [0.2, 0.25) is 0 Å². The number of nitrogens with zero attached hydrogens (tertiary/aromatic N) is 2. The summed E-state index contributed by atoms with van der Waals surface area (Å²) >= 11 is 5.87. The van der Waals surface area contributed by atoms with Crippen molar-refractivity contribution < 1.29 is 19.1 Å². The second-order valence-corrected chi connectivity index (χ2v) is 11.1. The highest BCUT2D eigenvalue weighted by Gasteiger charge is 2.28. The van der Waals surface area contributed by atoms with Gasteiger partial charge in [0, 0.05) is 21.6 Å². The number of thiazole rings is 1. The van der Waals surface area contributed by atoms with E-state index in [2.05, 4.69) is 32.3 Å². The minimum absolute atomic E-state index is 0.187. The van der Waals surface area contributed by atoms with Gasteiger partial charge in [-0.1, -0.05) is 28.1 Å². The molecule has 0 spiro atoms. The zero-order valence-corrected chi connectivity index (χ0v) is 23.1. The zero-order valence-electron chi connectivity index (χ0n) is 19.9. The minimum Gasteiger partial charge on any atom is -0.462 e. The van der Waals surface area contributed by atoms with E-state index in [9.17, 15) is 14.9 Å². The lowest BCUT2D eigenvalue weighted by Crippen LogP contribution is -2.23. The number of rotatable bonds is 7. The Morgan fingerprint density at radius 1 is 1.29 bits per heavy atom. The second-order valence-electron chi connectivity index (χ2n) is 8.35. The number of thiophene rings is 1. The predicted molar refractivity (Wildman–Crippen MR) is 143 cm³/mol. The topological polar surface area (TPSA) is 101 Å². The number of hydrogen-bond donors (Lipinski definition) is 1. The van der Waals surface area contributed by atoms with Crippen LogP contribution in [-0.4, -0.2) is 29.1 Å². The van der Waals surface area contributed by atoms with Gasteiger partial charge in [0.15, 0.2) is 0 Å². The highest BCUT2D eigenvalue weighted by molar-refractivity contribution is 9.10. The molecule has 0 atom stereocenters. The van der Waals surface area contributed by atoms with Gasteiger partial charge in [0.2, 0.25) is 0 Å². The SMILES string of the molecule is CCOC(=O)c1c(N/C=C(\C#N)c2nc(-c3cccc(Br)c3)cs2)sc(C(=O)OC(C)(C)C)c1C. The summed E-state index contributed by atoms with van der Waals surface area (Å²) < 4.78 is 11.6. The van der Waals surface area contributed by atoms with Crippen LogP contribution in [0.5, 0.6) is 0 Å². The first-order valence-corrected chi connectivity index (χ1v) is 13.2. The van der Waals surface area contributed by atoms with Crippen molar-refractivity contribution in [1.82, 2.24) is 4.98 Å². The summed E-state index contributed by atoms with van der Waals surface area (Å²) in [5.41, 5.74) is 1.97. The number of hydrogen-bond acceptors (Lipinski definition) is 9. The molecule has 0 bridgehead atoms. The van der Waals surface area contributed by atoms with Crippen LogP contribution in [0.25, 0.3) is 16.8 Å². The third-order valence-electron chi connectivity index (χ3n) is 4.53. The van der Waals surface area contributed by atoms with E-state index in [-0.39, 0.29) is 17.7 Å². The lowest BCUT2D eigenvalue weighted by Gasteiger charge is -2.19. The number of esters is 2. The first-order valence-electron chi connectivity index (χ1n) is 10.7. The molecular weight excluding hydrogens is 550 g/mol. The van der Waals surface area contributed by atoms with Crippen LogP contribution in [0.4, 0.5) is 5.00 Å². The Morgan fingerprint density at radius 2 is 2.03 bits per heavy atom. The summed E-state index contributed by atoms with van der Waals surface area (Å²) in [6, 6.07) is 9.88. The quantitative estimate of drug-likeness (QED) is 0.238. The molecule has 10 heteroatoms. The molecule has 0 aliphatic heterocycles. The average Bonchev–Trinajstić information content (AvgIpc) is 3.38. The molecule has 182 valence electrons. The summed E-state index contributed by atoms with van der Waals surface area (Å²) in [5.74, 6) is -1.08. The summed E-state index contributed by atoms with van der Waals surface area (Å²) in [6.45, 7) is 8.90. The van der Waals surface area contributed by atoms with E-state index in [0.29, 0.717) is 20.4 Å². The van der Waals surface area contributed by atoms with Crippen LogP contribution in [-0.2, 0) is 9.47 Å². The number of carbonyl (C=O) groups excluding carboxylic acids is 2. The largest absolute Gasteiger partial charge is 0.462 e. The van der Waals surface area contributed by atoms with Crippen LogP contribution in [0, 0.1) is 18.3 Å². The summed E-state index contributed by atoms with van der Waals surface area (Å²) in [5, 5.41) is 15.6. The monoisotopic (exact) mass is 573 g/mol. The first kappa shape index (κ1) is 26.6. The van der Waals surface area contributed by atoms with Gasteiger partial charge in [-0.25, -0.2) is 14.6 Å². The van der Waals surface area contributed by atoms with Crippen LogP contribution in [0.15, 0.2) is 40.3 Å². The molecule has 0 radical (unpaired) electrons. The predicted octanol–water partition coefficient (Wildman–Crippen LogP) is 7.05. The fourth-order valence-corrected chi connectivity index (χ4v) is 5.28. The van der Waals surface area contributed by atoms with Gasteiger partial charge in [-0.15, -0.1) is 22.7 Å². The van der Waals surface area contributed by atoms with E-state index in [4.69, 9.17) is 9.47 Å². The molecule has 0 saturated heterocycles. The van der Waals surface area contributed by atoms with Crippen molar-refractivity contribution in [1.29, 1.82) is 5.26 Å². The van der Waals surface area contributed by atoms with Crippen molar-refractivity contribution in [3.63, 3.8) is 0 Å². The van der Waals surface area contributed by atoms with Gasteiger partial charge in [-0.05, 0) is 52.3 Å². The highest BCUT2D eigenvalue weighted by atomic mass is 79.9. The van der Waals surface area contributed by atoms with Gasteiger partial charge in [-0.2, -0.15) is 5.26 Å². The number of allylic oxidation sites excluding steroid dienone is 1.